The smallest absolute Gasteiger partial charge is 0.261 e. The number of fused-ring (bicyclic) bond motifs is 1. The molecule has 3 aromatic heterocycles. The SMILES string of the molecule is O=S(=O)(Nc1ccc(-c2ccc3nnc(-c4ccncc4)n3n2)cc1)c1ccc(F)cc1. The zero-order valence-corrected chi connectivity index (χ0v) is 17.2. The Morgan fingerprint density at radius 3 is 2.22 bits per heavy atom. The van der Waals surface area contributed by atoms with Crippen molar-refractivity contribution in [1.82, 2.24) is 24.8 Å². The monoisotopic (exact) mass is 446 g/mol. The summed E-state index contributed by atoms with van der Waals surface area (Å²) in [5.74, 6) is 0.0888. The van der Waals surface area contributed by atoms with Gasteiger partial charge in [-0.2, -0.15) is 9.61 Å². The minimum absolute atomic E-state index is 0.0219. The first-order chi connectivity index (χ1) is 15.5. The fourth-order valence-corrected chi connectivity index (χ4v) is 4.22. The van der Waals surface area contributed by atoms with Gasteiger partial charge in [0, 0.05) is 29.2 Å². The van der Waals surface area contributed by atoms with E-state index in [2.05, 4.69) is 25.0 Å². The quantitative estimate of drug-likeness (QED) is 0.441. The third-order valence-electron chi connectivity index (χ3n) is 4.76. The molecule has 0 amide bonds. The predicted molar refractivity (Wildman–Crippen MR) is 117 cm³/mol. The number of aromatic nitrogens is 5. The molecule has 0 unspecified atom stereocenters. The van der Waals surface area contributed by atoms with Gasteiger partial charge in [-0.05, 0) is 60.7 Å². The third kappa shape index (κ3) is 3.79. The van der Waals surface area contributed by atoms with E-state index in [4.69, 9.17) is 0 Å². The highest BCUT2D eigenvalue weighted by Gasteiger charge is 2.15. The summed E-state index contributed by atoms with van der Waals surface area (Å²) in [6.45, 7) is 0. The molecule has 3 heterocycles. The molecule has 0 aliphatic carbocycles. The summed E-state index contributed by atoms with van der Waals surface area (Å²) in [6.07, 6.45) is 3.35. The second-order valence-electron chi connectivity index (χ2n) is 6.88. The molecule has 5 aromatic rings. The summed E-state index contributed by atoms with van der Waals surface area (Å²) < 4.78 is 42.2. The molecule has 10 heteroatoms. The average molecular weight is 446 g/mol. The summed E-state index contributed by atoms with van der Waals surface area (Å²) in [5.41, 5.74) is 3.26. The molecule has 0 spiro atoms. The first-order valence-corrected chi connectivity index (χ1v) is 11.0. The number of pyridine rings is 1. The maximum Gasteiger partial charge on any atom is 0.261 e. The van der Waals surface area contributed by atoms with Gasteiger partial charge in [-0.25, -0.2) is 12.8 Å². The Morgan fingerprint density at radius 1 is 0.781 bits per heavy atom. The molecule has 0 radical (unpaired) electrons. The minimum Gasteiger partial charge on any atom is -0.280 e. The Bertz CT molecular complexity index is 1500. The Balaban J connectivity index is 1.43. The van der Waals surface area contributed by atoms with E-state index in [0.717, 1.165) is 23.3 Å². The summed E-state index contributed by atoms with van der Waals surface area (Å²) in [4.78, 5) is 3.99. The average Bonchev–Trinajstić information content (AvgIpc) is 3.23. The number of halogens is 1. The van der Waals surface area contributed by atoms with E-state index < -0.39 is 15.8 Å². The first kappa shape index (κ1) is 19.8. The molecule has 158 valence electrons. The van der Waals surface area contributed by atoms with Crippen LogP contribution in [-0.2, 0) is 10.0 Å². The van der Waals surface area contributed by atoms with Crippen molar-refractivity contribution in [2.75, 3.05) is 4.72 Å². The zero-order chi connectivity index (χ0) is 22.1. The lowest BCUT2D eigenvalue weighted by Crippen LogP contribution is -2.12. The number of anilines is 1. The van der Waals surface area contributed by atoms with E-state index in [9.17, 15) is 12.8 Å². The van der Waals surface area contributed by atoms with Gasteiger partial charge in [0.1, 0.15) is 5.82 Å². The Labute approximate surface area is 182 Å². The summed E-state index contributed by atoms with van der Waals surface area (Å²) in [5, 5.41) is 13.0. The number of hydrogen-bond acceptors (Lipinski definition) is 6. The van der Waals surface area contributed by atoms with Crippen LogP contribution in [0.4, 0.5) is 10.1 Å². The topological polar surface area (TPSA) is 102 Å². The van der Waals surface area contributed by atoms with Crippen LogP contribution in [0.2, 0.25) is 0 Å². The second kappa shape index (κ2) is 7.82. The highest BCUT2D eigenvalue weighted by atomic mass is 32.2. The molecule has 8 nitrogen and oxygen atoms in total. The highest BCUT2D eigenvalue weighted by Crippen LogP contribution is 2.23. The molecule has 2 aromatic carbocycles. The number of sulfonamides is 1. The Morgan fingerprint density at radius 2 is 1.50 bits per heavy atom. The van der Waals surface area contributed by atoms with Crippen LogP contribution in [0, 0.1) is 5.82 Å². The van der Waals surface area contributed by atoms with Crippen molar-refractivity contribution in [3.05, 3.63) is 91.0 Å². The Kier molecular flexibility index (Phi) is 4.83. The van der Waals surface area contributed by atoms with Gasteiger partial charge in [-0.1, -0.05) is 12.1 Å². The second-order valence-corrected chi connectivity index (χ2v) is 8.57. The number of rotatable bonds is 5. The molecule has 0 fully saturated rings. The maximum atomic E-state index is 13.1. The van der Waals surface area contributed by atoms with Gasteiger partial charge >= 0.3 is 0 Å². The number of benzene rings is 2. The van der Waals surface area contributed by atoms with Gasteiger partial charge in [-0.15, -0.1) is 10.2 Å². The largest absolute Gasteiger partial charge is 0.280 e. The lowest BCUT2D eigenvalue weighted by Gasteiger charge is -2.09. The molecular formula is C22H15FN6O2S. The third-order valence-corrected chi connectivity index (χ3v) is 6.16. The summed E-state index contributed by atoms with van der Waals surface area (Å²) in [6, 6.07) is 18.7. The van der Waals surface area contributed by atoms with Crippen molar-refractivity contribution in [2.24, 2.45) is 0 Å². The van der Waals surface area contributed by atoms with E-state index in [1.165, 1.54) is 12.1 Å². The van der Waals surface area contributed by atoms with Crippen molar-refractivity contribution in [2.45, 2.75) is 4.90 Å². The van der Waals surface area contributed by atoms with Gasteiger partial charge in [0.05, 0.1) is 10.6 Å². The molecule has 5 rings (SSSR count). The van der Waals surface area contributed by atoms with Crippen LogP contribution in [0.5, 0.6) is 0 Å². The number of nitrogens with one attached hydrogen (secondary N) is 1. The van der Waals surface area contributed by atoms with Crippen LogP contribution in [0.3, 0.4) is 0 Å². The summed E-state index contributed by atoms with van der Waals surface area (Å²) in [7, 11) is -3.82. The minimum atomic E-state index is -3.82. The number of nitrogens with zero attached hydrogens (tertiary/aromatic N) is 5. The molecule has 0 saturated carbocycles. The highest BCUT2D eigenvalue weighted by molar-refractivity contribution is 7.92. The summed E-state index contributed by atoms with van der Waals surface area (Å²) >= 11 is 0. The Hall–Kier alpha value is -4.18. The van der Waals surface area contributed by atoms with Gasteiger partial charge < -0.3 is 0 Å². The normalized spacial score (nSPS) is 11.5. The van der Waals surface area contributed by atoms with E-state index in [0.29, 0.717) is 22.9 Å². The fraction of sp³-hybridized carbons (Fsp3) is 0. The first-order valence-electron chi connectivity index (χ1n) is 9.51. The van der Waals surface area contributed by atoms with Crippen LogP contribution >= 0.6 is 0 Å². The molecule has 0 bridgehead atoms. The van der Waals surface area contributed by atoms with Crippen LogP contribution in [-0.4, -0.2) is 33.2 Å². The van der Waals surface area contributed by atoms with Crippen molar-refractivity contribution in [1.29, 1.82) is 0 Å². The standard InChI is InChI=1S/C22H15FN6O2S/c23-17-3-7-19(8-4-17)32(30,31)28-18-5-1-15(2-6-18)20-9-10-21-25-26-22(29(21)27-20)16-11-13-24-14-12-16/h1-14,28H. The van der Waals surface area contributed by atoms with Gasteiger partial charge in [0.15, 0.2) is 11.5 Å². The lowest BCUT2D eigenvalue weighted by molar-refractivity contribution is 0.599. The maximum absolute atomic E-state index is 13.1. The molecule has 0 atom stereocenters. The molecule has 1 N–H and O–H groups in total. The van der Waals surface area contributed by atoms with E-state index in [1.807, 2.05) is 24.3 Å². The van der Waals surface area contributed by atoms with Gasteiger partial charge in [0.2, 0.25) is 0 Å². The van der Waals surface area contributed by atoms with Crippen LogP contribution in [0.15, 0.2) is 90.1 Å². The van der Waals surface area contributed by atoms with E-state index in [-0.39, 0.29) is 4.90 Å². The van der Waals surface area contributed by atoms with Gasteiger partial charge in [0.25, 0.3) is 10.0 Å². The zero-order valence-electron chi connectivity index (χ0n) is 16.4. The molecule has 0 saturated heterocycles. The number of hydrogen-bond donors (Lipinski definition) is 1. The molecule has 0 aliphatic rings. The van der Waals surface area contributed by atoms with E-state index >= 15 is 0 Å². The molecule has 32 heavy (non-hydrogen) atoms. The molecular weight excluding hydrogens is 431 g/mol. The van der Waals surface area contributed by atoms with Crippen LogP contribution in [0.25, 0.3) is 28.3 Å². The van der Waals surface area contributed by atoms with Crippen LogP contribution in [0.1, 0.15) is 0 Å². The van der Waals surface area contributed by atoms with E-state index in [1.54, 1.807) is 41.2 Å². The van der Waals surface area contributed by atoms with Crippen molar-refractivity contribution in [3.63, 3.8) is 0 Å². The lowest BCUT2D eigenvalue weighted by atomic mass is 10.1. The van der Waals surface area contributed by atoms with Crippen molar-refractivity contribution >= 4 is 21.4 Å². The van der Waals surface area contributed by atoms with Crippen molar-refractivity contribution < 1.29 is 12.8 Å². The predicted octanol–water partition coefficient (Wildman–Crippen LogP) is 3.79. The van der Waals surface area contributed by atoms with Gasteiger partial charge in [-0.3, -0.25) is 9.71 Å². The fourth-order valence-electron chi connectivity index (χ4n) is 3.16. The van der Waals surface area contributed by atoms with Crippen molar-refractivity contribution in [3.8, 4) is 22.6 Å². The molecule has 0 aliphatic heterocycles. The van der Waals surface area contributed by atoms with Crippen LogP contribution < -0.4 is 4.72 Å².